The number of carbonyl (C=O) groups excluding carboxylic acids is 1. The summed E-state index contributed by atoms with van der Waals surface area (Å²) < 4.78 is 11.9. The molecule has 0 atom stereocenters. The fraction of sp³-hybridized carbons (Fsp3) is 0.240. The summed E-state index contributed by atoms with van der Waals surface area (Å²) in [7, 11) is 3.04. The highest BCUT2D eigenvalue weighted by Gasteiger charge is 2.18. The summed E-state index contributed by atoms with van der Waals surface area (Å²) in [6.45, 7) is 4.16. The number of aromatic nitrogens is 2. The molecule has 4 rings (SSSR count). The molecule has 0 radical (unpaired) electrons. The number of nitrogens with zero attached hydrogens (tertiary/aromatic N) is 2. The van der Waals surface area contributed by atoms with E-state index >= 15 is 0 Å². The van der Waals surface area contributed by atoms with Crippen LogP contribution in [0.4, 0.5) is 0 Å². The molecule has 6 nitrogen and oxygen atoms in total. The van der Waals surface area contributed by atoms with Crippen LogP contribution in [-0.4, -0.2) is 29.6 Å². The lowest BCUT2D eigenvalue weighted by Gasteiger charge is -2.11. The van der Waals surface area contributed by atoms with Gasteiger partial charge in [0.25, 0.3) is 5.56 Å². The van der Waals surface area contributed by atoms with E-state index in [1.165, 1.54) is 34.9 Å². The minimum Gasteiger partial charge on any atom is -0.497 e. The van der Waals surface area contributed by atoms with Gasteiger partial charge in [0.05, 0.1) is 38.0 Å². The van der Waals surface area contributed by atoms with Crippen molar-refractivity contribution < 1.29 is 14.3 Å². The monoisotopic (exact) mass is 448 g/mol. The zero-order chi connectivity index (χ0) is 22.8. The Bertz CT molecular complexity index is 1340. The van der Waals surface area contributed by atoms with Crippen LogP contribution in [0, 0.1) is 0 Å². The van der Waals surface area contributed by atoms with Gasteiger partial charge in [-0.05, 0) is 29.2 Å². The largest absolute Gasteiger partial charge is 0.497 e. The SMILES string of the molecule is COc1ccc(C(=O)Cn2cnc3scc(-c4ccc(C(C)C)cc4)c3c2=O)c(OC)c1. The predicted molar refractivity (Wildman–Crippen MR) is 127 cm³/mol. The number of thiophene rings is 1. The summed E-state index contributed by atoms with van der Waals surface area (Å²) >= 11 is 1.42. The highest BCUT2D eigenvalue weighted by molar-refractivity contribution is 7.17. The molecular weight excluding hydrogens is 424 g/mol. The van der Waals surface area contributed by atoms with Crippen molar-refractivity contribution in [1.29, 1.82) is 0 Å². The molecule has 0 unspecified atom stereocenters. The van der Waals surface area contributed by atoms with Crippen LogP contribution in [0.5, 0.6) is 11.5 Å². The second-order valence-corrected chi connectivity index (χ2v) is 8.63. The number of benzene rings is 2. The van der Waals surface area contributed by atoms with Crippen molar-refractivity contribution in [2.75, 3.05) is 14.2 Å². The molecule has 7 heteroatoms. The van der Waals surface area contributed by atoms with E-state index in [0.29, 0.717) is 33.2 Å². The van der Waals surface area contributed by atoms with Gasteiger partial charge in [-0.1, -0.05) is 38.1 Å². The van der Waals surface area contributed by atoms with Crippen LogP contribution in [0.2, 0.25) is 0 Å². The van der Waals surface area contributed by atoms with Crippen LogP contribution in [0.25, 0.3) is 21.3 Å². The van der Waals surface area contributed by atoms with Gasteiger partial charge in [0.1, 0.15) is 16.3 Å². The third-order valence-corrected chi connectivity index (χ3v) is 6.36. The first-order chi connectivity index (χ1) is 15.4. The maximum Gasteiger partial charge on any atom is 0.263 e. The summed E-state index contributed by atoms with van der Waals surface area (Å²) in [5, 5.41) is 2.48. The van der Waals surface area contributed by atoms with E-state index in [2.05, 4.69) is 31.0 Å². The van der Waals surface area contributed by atoms with Crippen molar-refractivity contribution in [3.8, 4) is 22.6 Å². The number of ether oxygens (including phenoxy) is 2. The quantitative estimate of drug-likeness (QED) is 0.366. The summed E-state index contributed by atoms with van der Waals surface area (Å²) in [6, 6.07) is 13.2. The molecule has 32 heavy (non-hydrogen) atoms. The van der Waals surface area contributed by atoms with Crippen molar-refractivity contribution in [1.82, 2.24) is 9.55 Å². The molecule has 0 spiro atoms. The molecule has 0 aliphatic carbocycles. The molecule has 2 aromatic heterocycles. The summed E-state index contributed by atoms with van der Waals surface area (Å²) in [6.07, 6.45) is 1.43. The molecule has 0 saturated heterocycles. The molecule has 0 amide bonds. The number of hydrogen-bond donors (Lipinski definition) is 0. The molecular formula is C25H24N2O4S. The Kier molecular flexibility index (Phi) is 6.10. The predicted octanol–water partition coefficient (Wildman–Crippen LogP) is 5.15. The van der Waals surface area contributed by atoms with Gasteiger partial charge in [0, 0.05) is 17.0 Å². The van der Waals surface area contributed by atoms with E-state index in [9.17, 15) is 9.59 Å². The van der Waals surface area contributed by atoms with Crippen molar-refractivity contribution in [2.45, 2.75) is 26.3 Å². The fourth-order valence-corrected chi connectivity index (χ4v) is 4.52. The second-order valence-electron chi connectivity index (χ2n) is 7.77. The number of ketones is 1. The number of hydrogen-bond acceptors (Lipinski definition) is 6. The molecule has 0 aliphatic rings. The van der Waals surface area contributed by atoms with Crippen LogP contribution in [0.1, 0.15) is 35.7 Å². The van der Waals surface area contributed by atoms with Crippen LogP contribution < -0.4 is 15.0 Å². The zero-order valence-corrected chi connectivity index (χ0v) is 19.2. The van der Waals surface area contributed by atoms with Gasteiger partial charge in [-0.3, -0.25) is 14.2 Å². The van der Waals surface area contributed by atoms with Crippen LogP contribution in [0.15, 0.2) is 59.0 Å². The molecule has 0 fully saturated rings. The Hall–Kier alpha value is -3.45. The number of fused-ring (bicyclic) bond motifs is 1. The lowest BCUT2D eigenvalue weighted by molar-refractivity contribution is 0.0967. The first kappa shape index (κ1) is 21.8. The molecule has 0 bridgehead atoms. The third kappa shape index (κ3) is 4.03. The highest BCUT2D eigenvalue weighted by atomic mass is 32.1. The summed E-state index contributed by atoms with van der Waals surface area (Å²) in [5.74, 6) is 1.18. The maximum atomic E-state index is 13.3. The number of Topliss-reactive ketones (excluding diaryl/α,β-unsaturated/α-hetero) is 1. The van der Waals surface area contributed by atoms with Gasteiger partial charge in [0.15, 0.2) is 5.78 Å². The third-order valence-electron chi connectivity index (χ3n) is 5.47. The Morgan fingerprint density at radius 2 is 1.84 bits per heavy atom. The van der Waals surface area contributed by atoms with E-state index in [1.807, 2.05) is 17.5 Å². The average Bonchev–Trinajstić information content (AvgIpc) is 3.25. The summed E-state index contributed by atoms with van der Waals surface area (Å²) in [4.78, 5) is 31.4. The first-order valence-electron chi connectivity index (χ1n) is 10.2. The smallest absolute Gasteiger partial charge is 0.263 e. The number of methoxy groups -OCH3 is 2. The number of carbonyl (C=O) groups is 1. The maximum absolute atomic E-state index is 13.3. The Balaban J connectivity index is 1.71. The van der Waals surface area contributed by atoms with Gasteiger partial charge in [-0.2, -0.15) is 0 Å². The minimum atomic E-state index is -0.245. The van der Waals surface area contributed by atoms with Gasteiger partial charge >= 0.3 is 0 Å². The van der Waals surface area contributed by atoms with Gasteiger partial charge in [-0.15, -0.1) is 11.3 Å². The minimum absolute atomic E-state index is 0.133. The zero-order valence-electron chi connectivity index (χ0n) is 18.4. The van der Waals surface area contributed by atoms with Crippen LogP contribution in [0.3, 0.4) is 0 Å². The lowest BCUT2D eigenvalue weighted by atomic mass is 9.99. The standard InChI is InChI=1S/C25H24N2O4S/c1-15(2)16-5-7-17(8-6-16)20-13-32-24-23(20)25(29)27(14-26-24)12-21(28)19-10-9-18(30-3)11-22(19)31-4/h5-11,13-15H,12H2,1-4H3. The summed E-state index contributed by atoms with van der Waals surface area (Å²) in [5.41, 5.74) is 3.18. The van der Waals surface area contributed by atoms with Gasteiger partial charge in [0.2, 0.25) is 0 Å². The van der Waals surface area contributed by atoms with E-state index in [0.717, 1.165) is 11.1 Å². The van der Waals surface area contributed by atoms with Crippen molar-refractivity contribution >= 4 is 27.3 Å². The fourth-order valence-electron chi connectivity index (χ4n) is 3.61. The second kappa shape index (κ2) is 8.96. The Morgan fingerprint density at radius 1 is 1.09 bits per heavy atom. The molecule has 2 heterocycles. The van der Waals surface area contributed by atoms with Crippen molar-refractivity contribution in [3.63, 3.8) is 0 Å². The normalized spacial score (nSPS) is 11.2. The van der Waals surface area contributed by atoms with E-state index in [4.69, 9.17) is 9.47 Å². The molecule has 0 aliphatic heterocycles. The van der Waals surface area contributed by atoms with Crippen LogP contribution in [-0.2, 0) is 6.54 Å². The molecule has 0 N–H and O–H groups in total. The topological polar surface area (TPSA) is 70.4 Å². The number of rotatable bonds is 7. The Labute approximate surface area is 190 Å². The molecule has 0 saturated carbocycles. The van der Waals surface area contributed by atoms with Gasteiger partial charge in [-0.25, -0.2) is 4.98 Å². The van der Waals surface area contributed by atoms with E-state index in [-0.39, 0.29) is 17.9 Å². The van der Waals surface area contributed by atoms with E-state index in [1.54, 1.807) is 25.3 Å². The Morgan fingerprint density at radius 3 is 2.50 bits per heavy atom. The average molecular weight is 449 g/mol. The van der Waals surface area contributed by atoms with Gasteiger partial charge < -0.3 is 9.47 Å². The van der Waals surface area contributed by atoms with Crippen molar-refractivity contribution in [2.24, 2.45) is 0 Å². The molecule has 2 aromatic carbocycles. The molecule has 164 valence electrons. The van der Waals surface area contributed by atoms with E-state index < -0.39 is 0 Å². The first-order valence-corrected chi connectivity index (χ1v) is 11.1. The highest BCUT2D eigenvalue weighted by Crippen LogP contribution is 2.31. The van der Waals surface area contributed by atoms with Crippen molar-refractivity contribution in [3.05, 3.63) is 75.7 Å². The lowest BCUT2D eigenvalue weighted by Crippen LogP contribution is -2.24. The van der Waals surface area contributed by atoms with Crippen LogP contribution >= 0.6 is 11.3 Å². The molecule has 4 aromatic rings.